The van der Waals surface area contributed by atoms with Gasteiger partial charge < -0.3 is 19.7 Å². The van der Waals surface area contributed by atoms with E-state index in [-0.39, 0.29) is 19.0 Å². The van der Waals surface area contributed by atoms with Gasteiger partial charge in [0.05, 0.1) is 29.6 Å². The van der Waals surface area contributed by atoms with Crippen LogP contribution in [0.5, 0.6) is 0 Å². The van der Waals surface area contributed by atoms with Gasteiger partial charge in [-0.05, 0) is 12.1 Å². The minimum Gasteiger partial charge on any atom is -0.388 e. The Kier molecular flexibility index (Phi) is 3.42. The molecule has 6 nitrogen and oxygen atoms in total. The zero-order chi connectivity index (χ0) is 14.1. The van der Waals surface area contributed by atoms with Crippen LogP contribution in [0.25, 0.3) is 11.0 Å². The number of fused-ring (bicyclic) bond motifs is 1. The van der Waals surface area contributed by atoms with Gasteiger partial charge in [0, 0.05) is 26.1 Å². The molecule has 0 bridgehead atoms. The molecule has 0 radical (unpaired) electrons. The highest BCUT2D eigenvalue weighted by atomic mass is 16.3. The third-order valence-electron chi connectivity index (χ3n) is 3.71. The lowest BCUT2D eigenvalue weighted by Crippen LogP contribution is -2.30. The fourth-order valence-corrected chi connectivity index (χ4v) is 2.54. The number of aryl methyl sites for hydroxylation is 1. The Balaban J connectivity index is 1.63. The number of nitrogens with zero attached hydrogens (tertiary/aromatic N) is 3. The summed E-state index contributed by atoms with van der Waals surface area (Å²) in [6, 6.07) is 7.77. The van der Waals surface area contributed by atoms with Crippen molar-refractivity contribution in [3.63, 3.8) is 0 Å². The van der Waals surface area contributed by atoms with Gasteiger partial charge in [-0.2, -0.15) is 0 Å². The number of aliphatic hydroxyl groups excluding tert-OH is 2. The summed E-state index contributed by atoms with van der Waals surface area (Å²) in [6.07, 6.45) is 0.409. The van der Waals surface area contributed by atoms with E-state index < -0.39 is 12.2 Å². The standard InChI is InChI=1S/C14H17N3O3/c18-12-7-17(8-13(12)19)14(20)5-6-16-9-15-10-3-1-2-4-11(10)16/h1-4,9,12-13,18-19H,5-8H2. The van der Waals surface area contributed by atoms with Gasteiger partial charge in [0.2, 0.25) is 5.91 Å². The predicted octanol–water partition coefficient (Wildman–Crippen LogP) is -0.00960. The van der Waals surface area contributed by atoms with E-state index in [2.05, 4.69) is 4.98 Å². The highest BCUT2D eigenvalue weighted by Gasteiger charge is 2.32. The van der Waals surface area contributed by atoms with E-state index in [4.69, 9.17) is 0 Å². The van der Waals surface area contributed by atoms with E-state index in [1.807, 2.05) is 28.8 Å². The SMILES string of the molecule is O=C(CCn1cnc2ccccc21)N1CC(O)C(O)C1. The zero-order valence-corrected chi connectivity index (χ0v) is 11.0. The van der Waals surface area contributed by atoms with Gasteiger partial charge in [0.25, 0.3) is 0 Å². The number of carbonyl (C=O) groups excluding carboxylic acids is 1. The number of aromatic nitrogens is 2. The van der Waals surface area contributed by atoms with E-state index >= 15 is 0 Å². The number of para-hydroxylation sites is 2. The van der Waals surface area contributed by atoms with Crippen molar-refractivity contribution in [3.8, 4) is 0 Å². The van der Waals surface area contributed by atoms with Gasteiger partial charge in [-0.1, -0.05) is 12.1 Å². The van der Waals surface area contributed by atoms with Crippen LogP contribution in [-0.4, -0.2) is 55.9 Å². The monoisotopic (exact) mass is 275 g/mol. The van der Waals surface area contributed by atoms with Crippen LogP contribution >= 0.6 is 0 Å². The summed E-state index contributed by atoms with van der Waals surface area (Å²) in [7, 11) is 0. The molecule has 2 atom stereocenters. The first-order valence-corrected chi connectivity index (χ1v) is 6.69. The normalized spacial score (nSPS) is 22.6. The second kappa shape index (κ2) is 5.22. The molecule has 6 heteroatoms. The van der Waals surface area contributed by atoms with E-state index in [0.29, 0.717) is 13.0 Å². The van der Waals surface area contributed by atoms with Crippen molar-refractivity contribution in [2.75, 3.05) is 13.1 Å². The van der Waals surface area contributed by atoms with Crippen molar-refractivity contribution < 1.29 is 15.0 Å². The second-order valence-electron chi connectivity index (χ2n) is 5.11. The van der Waals surface area contributed by atoms with Crippen LogP contribution in [0.1, 0.15) is 6.42 Å². The van der Waals surface area contributed by atoms with Crippen molar-refractivity contribution in [2.24, 2.45) is 0 Å². The molecule has 20 heavy (non-hydrogen) atoms. The molecule has 2 aromatic rings. The van der Waals surface area contributed by atoms with Gasteiger partial charge in [-0.3, -0.25) is 4.79 Å². The molecule has 1 aromatic heterocycles. The highest BCUT2D eigenvalue weighted by molar-refractivity contribution is 5.78. The maximum absolute atomic E-state index is 12.0. The van der Waals surface area contributed by atoms with Crippen molar-refractivity contribution in [1.29, 1.82) is 0 Å². The van der Waals surface area contributed by atoms with E-state index in [9.17, 15) is 15.0 Å². The molecule has 0 aliphatic carbocycles. The fourth-order valence-electron chi connectivity index (χ4n) is 2.54. The van der Waals surface area contributed by atoms with Gasteiger partial charge in [-0.25, -0.2) is 4.98 Å². The Morgan fingerprint density at radius 2 is 1.95 bits per heavy atom. The number of likely N-dealkylation sites (tertiary alicyclic amines) is 1. The van der Waals surface area contributed by atoms with E-state index in [0.717, 1.165) is 11.0 Å². The van der Waals surface area contributed by atoms with Gasteiger partial charge in [-0.15, -0.1) is 0 Å². The lowest BCUT2D eigenvalue weighted by Gasteiger charge is -2.15. The Morgan fingerprint density at radius 1 is 1.25 bits per heavy atom. The first kappa shape index (κ1) is 13.1. The zero-order valence-electron chi connectivity index (χ0n) is 11.0. The van der Waals surface area contributed by atoms with Crippen molar-refractivity contribution in [1.82, 2.24) is 14.5 Å². The lowest BCUT2D eigenvalue weighted by molar-refractivity contribution is -0.130. The Hall–Kier alpha value is -1.92. The summed E-state index contributed by atoms with van der Waals surface area (Å²) in [5, 5.41) is 18.9. The van der Waals surface area contributed by atoms with Crippen LogP contribution in [0, 0.1) is 0 Å². The summed E-state index contributed by atoms with van der Waals surface area (Å²) < 4.78 is 1.94. The molecule has 1 aliphatic heterocycles. The molecule has 2 heterocycles. The summed E-state index contributed by atoms with van der Waals surface area (Å²) in [5.41, 5.74) is 1.91. The number of aliphatic hydroxyl groups is 2. The van der Waals surface area contributed by atoms with Crippen molar-refractivity contribution in [3.05, 3.63) is 30.6 Å². The van der Waals surface area contributed by atoms with Gasteiger partial charge in [0.15, 0.2) is 0 Å². The summed E-state index contributed by atoms with van der Waals surface area (Å²) in [6.45, 7) is 0.970. The molecule has 1 aliphatic rings. The molecular weight excluding hydrogens is 258 g/mol. The Bertz CT molecular complexity index is 615. The number of hydrogen-bond donors (Lipinski definition) is 2. The first-order valence-electron chi connectivity index (χ1n) is 6.69. The maximum Gasteiger partial charge on any atom is 0.224 e. The molecule has 1 amide bonds. The number of rotatable bonds is 3. The van der Waals surface area contributed by atoms with Crippen LogP contribution in [0.3, 0.4) is 0 Å². The number of carbonyl (C=O) groups is 1. The largest absolute Gasteiger partial charge is 0.388 e. The maximum atomic E-state index is 12.0. The number of amides is 1. The van der Waals surface area contributed by atoms with Crippen LogP contribution in [0.15, 0.2) is 30.6 Å². The minimum absolute atomic E-state index is 0.0571. The lowest BCUT2D eigenvalue weighted by atomic mass is 10.3. The van der Waals surface area contributed by atoms with Crippen molar-refractivity contribution >= 4 is 16.9 Å². The van der Waals surface area contributed by atoms with Crippen molar-refractivity contribution in [2.45, 2.75) is 25.2 Å². The highest BCUT2D eigenvalue weighted by Crippen LogP contribution is 2.14. The molecule has 1 saturated heterocycles. The average Bonchev–Trinajstić information content (AvgIpc) is 3.01. The topological polar surface area (TPSA) is 78.6 Å². The van der Waals surface area contributed by atoms with Gasteiger partial charge >= 0.3 is 0 Å². The molecule has 0 saturated carbocycles. The summed E-state index contributed by atoms with van der Waals surface area (Å²) >= 11 is 0. The molecule has 2 N–H and O–H groups in total. The third kappa shape index (κ3) is 2.39. The number of hydrogen-bond acceptors (Lipinski definition) is 4. The Labute approximate surface area is 116 Å². The van der Waals surface area contributed by atoms with E-state index in [1.165, 1.54) is 4.90 Å². The number of imidazole rings is 1. The van der Waals surface area contributed by atoms with Crippen LogP contribution in [-0.2, 0) is 11.3 Å². The average molecular weight is 275 g/mol. The molecule has 106 valence electrons. The van der Waals surface area contributed by atoms with E-state index in [1.54, 1.807) is 6.33 Å². The fraction of sp³-hybridized carbons (Fsp3) is 0.429. The van der Waals surface area contributed by atoms with Crippen LogP contribution < -0.4 is 0 Å². The number of benzene rings is 1. The summed E-state index contributed by atoms with van der Waals surface area (Å²) in [5.74, 6) is -0.0571. The molecule has 3 rings (SSSR count). The quantitative estimate of drug-likeness (QED) is 0.826. The molecule has 0 spiro atoms. The molecule has 1 fully saturated rings. The van der Waals surface area contributed by atoms with Crippen LogP contribution in [0.4, 0.5) is 0 Å². The number of β-amino-alcohol motifs (C(OH)–C–C–N with tert-alkyl or cyclic N) is 2. The first-order chi connectivity index (χ1) is 9.65. The summed E-state index contributed by atoms with van der Waals surface area (Å²) in [4.78, 5) is 17.8. The van der Waals surface area contributed by atoms with Gasteiger partial charge in [0.1, 0.15) is 0 Å². The second-order valence-corrected chi connectivity index (χ2v) is 5.11. The smallest absolute Gasteiger partial charge is 0.224 e. The van der Waals surface area contributed by atoms with Crippen LogP contribution in [0.2, 0.25) is 0 Å². The third-order valence-corrected chi connectivity index (χ3v) is 3.71. The molecular formula is C14H17N3O3. The Morgan fingerprint density at radius 3 is 2.70 bits per heavy atom. The predicted molar refractivity (Wildman–Crippen MR) is 72.9 cm³/mol. The molecule has 2 unspecified atom stereocenters. The minimum atomic E-state index is -0.826. The molecule has 1 aromatic carbocycles.